The van der Waals surface area contributed by atoms with E-state index in [-0.39, 0.29) is 17.5 Å². The standard InChI is InChI=1S/C23H25ClN4O3S/c1-26-16-13-22(25-26)32(30,31)28(17-18-5-9-20(24)10-6-18)21-11-7-19(8-12-21)23(29)27-14-3-2-4-15-27/h5-13,16H,2-4,14-15,17H2,1H3. The molecule has 0 spiro atoms. The van der Waals surface area contributed by atoms with E-state index in [4.69, 9.17) is 11.6 Å². The van der Waals surface area contributed by atoms with Crippen molar-refractivity contribution in [1.29, 1.82) is 0 Å². The summed E-state index contributed by atoms with van der Waals surface area (Å²) < 4.78 is 29.6. The summed E-state index contributed by atoms with van der Waals surface area (Å²) in [6.07, 6.45) is 4.77. The number of likely N-dealkylation sites (tertiary alicyclic amines) is 1. The molecular weight excluding hydrogens is 448 g/mol. The van der Waals surface area contributed by atoms with Gasteiger partial charge in [-0.1, -0.05) is 23.7 Å². The maximum absolute atomic E-state index is 13.4. The number of halogens is 1. The van der Waals surface area contributed by atoms with Crippen LogP contribution in [0.2, 0.25) is 5.02 Å². The normalized spacial score (nSPS) is 14.4. The van der Waals surface area contributed by atoms with Crippen LogP contribution in [-0.4, -0.2) is 42.1 Å². The van der Waals surface area contributed by atoms with E-state index in [1.807, 2.05) is 4.90 Å². The van der Waals surface area contributed by atoms with Gasteiger partial charge in [-0.15, -0.1) is 0 Å². The monoisotopic (exact) mass is 472 g/mol. The van der Waals surface area contributed by atoms with Crippen molar-refractivity contribution in [3.63, 3.8) is 0 Å². The van der Waals surface area contributed by atoms with Gasteiger partial charge in [0.25, 0.3) is 15.9 Å². The number of amides is 1. The van der Waals surface area contributed by atoms with Crippen molar-refractivity contribution in [2.24, 2.45) is 7.05 Å². The summed E-state index contributed by atoms with van der Waals surface area (Å²) >= 11 is 5.98. The first-order valence-electron chi connectivity index (χ1n) is 10.5. The first-order chi connectivity index (χ1) is 15.3. The highest BCUT2D eigenvalue weighted by Crippen LogP contribution is 2.26. The number of anilines is 1. The van der Waals surface area contributed by atoms with Crippen LogP contribution in [0.25, 0.3) is 0 Å². The Hall–Kier alpha value is -2.84. The van der Waals surface area contributed by atoms with E-state index < -0.39 is 10.0 Å². The van der Waals surface area contributed by atoms with Crippen LogP contribution in [0.4, 0.5) is 5.69 Å². The van der Waals surface area contributed by atoms with Crippen LogP contribution in [0.1, 0.15) is 35.2 Å². The predicted octanol–water partition coefficient (Wildman–Crippen LogP) is 4.10. The molecule has 32 heavy (non-hydrogen) atoms. The second kappa shape index (κ2) is 9.34. The smallest absolute Gasteiger partial charge is 0.283 e. The van der Waals surface area contributed by atoms with Crippen molar-refractivity contribution < 1.29 is 13.2 Å². The van der Waals surface area contributed by atoms with Gasteiger partial charge < -0.3 is 4.90 Å². The fraction of sp³-hybridized carbons (Fsp3) is 0.304. The lowest BCUT2D eigenvalue weighted by atomic mass is 10.1. The van der Waals surface area contributed by atoms with Gasteiger partial charge in [0.2, 0.25) is 0 Å². The summed E-state index contributed by atoms with van der Waals surface area (Å²) in [4.78, 5) is 14.6. The van der Waals surface area contributed by atoms with Gasteiger partial charge >= 0.3 is 0 Å². The zero-order valence-corrected chi connectivity index (χ0v) is 19.4. The van der Waals surface area contributed by atoms with Crippen molar-refractivity contribution in [2.45, 2.75) is 30.8 Å². The van der Waals surface area contributed by atoms with Crippen molar-refractivity contribution in [3.05, 3.63) is 76.9 Å². The Morgan fingerprint density at radius 1 is 1.00 bits per heavy atom. The van der Waals surface area contributed by atoms with Gasteiger partial charge in [0.05, 0.1) is 12.2 Å². The molecule has 0 N–H and O–H groups in total. The number of benzene rings is 2. The largest absolute Gasteiger partial charge is 0.339 e. The summed E-state index contributed by atoms with van der Waals surface area (Å²) in [5.41, 5.74) is 1.79. The molecule has 2 aromatic carbocycles. The molecule has 1 aromatic heterocycles. The second-order valence-corrected chi connectivity index (χ2v) is 10.1. The summed E-state index contributed by atoms with van der Waals surface area (Å²) in [5, 5.41) is 4.63. The number of carbonyl (C=O) groups is 1. The molecule has 1 aliphatic heterocycles. The maximum Gasteiger partial charge on any atom is 0.283 e. The van der Waals surface area contributed by atoms with Crippen LogP contribution in [0.3, 0.4) is 0 Å². The van der Waals surface area contributed by atoms with Crippen LogP contribution in [0.15, 0.2) is 65.8 Å². The number of carbonyl (C=O) groups excluding carboxylic acids is 1. The third-order valence-electron chi connectivity index (χ3n) is 5.53. The van der Waals surface area contributed by atoms with Crippen LogP contribution in [-0.2, 0) is 23.6 Å². The number of aromatic nitrogens is 2. The van der Waals surface area contributed by atoms with Gasteiger partial charge in [-0.3, -0.25) is 13.8 Å². The zero-order valence-electron chi connectivity index (χ0n) is 17.8. The van der Waals surface area contributed by atoms with Crippen molar-refractivity contribution in [1.82, 2.24) is 14.7 Å². The summed E-state index contributed by atoms with van der Waals surface area (Å²) in [7, 11) is -2.25. The van der Waals surface area contributed by atoms with Crippen molar-refractivity contribution >= 4 is 33.2 Å². The lowest BCUT2D eigenvalue weighted by Gasteiger charge is -2.27. The van der Waals surface area contributed by atoms with Gasteiger partial charge in [-0.25, -0.2) is 0 Å². The first kappa shape index (κ1) is 22.4. The Morgan fingerprint density at radius 2 is 1.66 bits per heavy atom. The average Bonchev–Trinajstić information content (AvgIpc) is 3.26. The minimum atomic E-state index is -3.92. The third-order valence-corrected chi connectivity index (χ3v) is 7.45. The summed E-state index contributed by atoms with van der Waals surface area (Å²) in [5.74, 6) is -0.0203. The van der Waals surface area contributed by atoms with E-state index in [0.717, 1.165) is 37.9 Å². The molecule has 168 valence electrons. The Labute approximate surface area is 193 Å². The molecule has 0 atom stereocenters. The van der Waals surface area contributed by atoms with E-state index in [2.05, 4.69) is 5.10 Å². The van der Waals surface area contributed by atoms with E-state index >= 15 is 0 Å². The van der Waals surface area contributed by atoms with Crippen LogP contribution >= 0.6 is 11.6 Å². The van der Waals surface area contributed by atoms with Gasteiger partial charge in [-0.05, 0) is 67.3 Å². The van der Waals surface area contributed by atoms with Gasteiger partial charge in [0.15, 0.2) is 5.03 Å². The van der Waals surface area contributed by atoms with Gasteiger partial charge in [-0.2, -0.15) is 13.5 Å². The van der Waals surface area contributed by atoms with Crippen molar-refractivity contribution in [2.75, 3.05) is 17.4 Å². The molecule has 0 aliphatic carbocycles. The second-order valence-electron chi connectivity index (χ2n) is 7.87. The van der Waals surface area contributed by atoms with E-state index in [0.29, 0.717) is 16.3 Å². The molecule has 0 bridgehead atoms. The average molecular weight is 473 g/mol. The van der Waals surface area contributed by atoms with Crippen LogP contribution in [0.5, 0.6) is 0 Å². The molecule has 1 fully saturated rings. The fourth-order valence-corrected chi connectivity index (χ4v) is 5.30. The number of piperidine rings is 1. The Bertz CT molecular complexity index is 1180. The van der Waals surface area contributed by atoms with Gasteiger partial charge in [0.1, 0.15) is 0 Å². The van der Waals surface area contributed by atoms with E-state index in [1.54, 1.807) is 61.8 Å². The highest BCUT2D eigenvalue weighted by Gasteiger charge is 2.28. The molecule has 7 nitrogen and oxygen atoms in total. The molecule has 0 unspecified atom stereocenters. The molecule has 1 aliphatic rings. The molecule has 2 heterocycles. The molecule has 0 radical (unpaired) electrons. The molecule has 4 rings (SSSR count). The number of hydrogen-bond acceptors (Lipinski definition) is 4. The Morgan fingerprint density at radius 3 is 2.25 bits per heavy atom. The minimum Gasteiger partial charge on any atom is -0.339 e. The SMILES string of the molecule is Cn1ccc(S(=O)(=O)N(Cc2ccc(Cl)cc2)c2ccc(C(=O)N3CCCCC3)cc2)n1. The lowest BCUT2D eigenvalue weighted by Crippen LogP contribution is -2.35. The molecular formula is C23H25ClN4O3S. The number of hydrogen-bond donors (Lipinski definition) is 0. The first-order valence-corrected chi connectivity index (χ1v) is 12.3. The highest BCUT2D eigenvalue weighted by molar-refractivity contribution is 7.92. The lowest BCUT2D eigenvalue weighted by molar-refractivity contribution is 0.0724. The molecule has 3 aromatic rings. The number of rotatable bonds is 6. The quantitative estimate of drug-likeness (QED) is 0.541. The van der Waals surface area contributed by atoms with Crippen LogP contribution in [0, 0.1) is 0 Å². The molecule has 1 amide bonds. The predicted molar refractivity (Wildman–Crippen MR) is 124 cm³/mol. The van der Waals surface area contributed by atoms with E-state index in [1.165, 1.54) is 15.1 Å². The Balaban J connectivity index is 1.66. The highest BCUT2D eigenvalue weighted by atomic mass is 35.5. The molecule has 1 saturated heterocycles. The minimum absolute atomic E-state index is 0.0203. The van der Waals surface area contributed by atoms with E-state index in [9.17, 15) is 13.2 Å². The fourth-order valence-electron chi connectivity index (χ4n) is 3.76. The Kier molecular flexibility index (Phi) is 6.53. The molecule has 0 saturated carbocycles. The summed E-state index contributed by atoms with van der Waals surface area (Å²) in [6.45, 7) is 1.63. The number of nitrogens with zero attached hydrogens (tertiary/aromatic N) is 4. The number of aryl methyl sites for hydroxylation is 1. The van der Waals surface area contributed by atoms with Crippen molar-refractivity contribution in [3.8, 4) is 0 Å². The zero-order chi connectivity index (χ0) is 22.7. The number of sulfonamides is 1. The summed E-state index contributed by atoms with van der Waals surface area (Å²) in [6, 6.07) is 15.2. The van der Waals surface area contributed by atoms with Gasteiger partial charge in [0, 0.05) is 36.9 Å². The topological polar surface area (TPSA) is 75.5 Å². The van der Waals surface area contributed by atoms with Crippen LogP contribution < -0.4 is 4.31 Å². The molecule has 9 heteroatoms. The third kappa shape index (κ3) is 4.81. The maximum atomic E-state index is 13.4.